The van der Waals surface area contributed by atoms with Gasteiger partial charge in [-0.05, 0) is 24.3 Å². The lowest BCUT2D eigenvalue weighted by atomic mass is 10.2. The summed E-state index contributed by atoms with van der Waals surface area (Å²) in [5.41, 5.74) is 4.28. The minimum atomic E-state index is 0.747. The van der Waals surface area contributed by atoms with Crippen LogP contribution in [0.1, 0.15) is 0 Å². The van der Waals surface area contributed by atoms with Crippen molar-refractivity contribution in [2.75, 3.05) is 0 Å². The van der Waals surface area contributed by atoms with E-state index in [-0.39, 0.29) is 0 Å². The summed E-state index contributed by atoms with van der Waals surface area (Å²) in [5.74, 6) is 0. The summed E-state index contributed by atoms with van der Waals surface area (Å²) >= 11 is 6.26. The number of para-hydroxylation sites is 1. The summed E-state index contributed by atoms with van der Waals surface area (Å²) in [6.07, 6.45) is 0. The third kappa shape index (κ3) is 1.41. The fourth-order valence-electron chi connectivity index (χ4n) is 2.70. The first-order valence-corrected chi connectivity index (χ1v) is 6.56. The van der Waals surface area contributed by atoms with Crippen LogP contribution in [-0.2, 0) is 7.05 Å². The van der Waals surface area contributed by atoms with E-state index in [0.717, 1.165) is 27.0 Å². The van der Waals surface area contributed by atoms with Crippen LogP contribution in [0.5, 0.6) is 0 Å². The zero-order valence-corrected chi connectivity index (χ0v) is 11.1. The maximum Gasteiger partial charge on any atom is 0.0967 e. The quantitative estimate of drug-likeness (QED) is 0.457. The zero-order valence-electron chi connectivity index (χ0n) is 10.4. The van der Waals surface area contributed by atoms with Crippen molar-refractivity contribution >= 4 is 44.4 Å². The second-order valence-corrected chi connectivity index (χ2v) is 5.15. The molecule has 3 heteroatoms. The van der Waals surface area contributed by atoms with Crippen molar-refractivity contribution in [3.05, 3.63) is 53.6 Å². The van der Waals surface area contributed by atoms with Crippen LogP contribution in [0, 0.1) is 0 Å². The number of hydrogen-bond acceptors (Lipinski definition) is 1. The molecule has 0 aliphatic heterocycles. The lowest BCUT2D eigenvalue weighted by Gasteiger charge is -2.02. The van der Waals surface area contributed by atoms with Crippen LogP contribution in [0.2, 0.25) is 5.02 Å². The number of halogens is 1. The number of nitrogens with zero attached hydrogens (tertiary/aromatic N) is 2. The Morgan fingerprint density at radius 2 is 1.79 bits per heavy atom. The Morgan fingerprint density at radius 3 is 2.68 bits per heavy atom. The summed E-state index contributed by atoms with van der Waals surface area (Å²) in [6, 6.07) is 16.3. The molecule has 4 aromatic rings. The molecule has 2 heterocycles. The Morgan fingerprint density at radius 1 is 0.947 bits per heavy atom. The number of hydrogen-bond donors (Lipinski definition) is 0. The van der Waals surface area contributed by atoms with Crippen LogP contribution in [0.4, 0.5) is 0 Å². The van der Waals surface area contributed by atoms with Crippen LogP contribution in [0.15, 0.2) is 48.5 Å². The van der Waals surface area contributed by atoms with Gasteiger partial charge in [0.2, 0.25) is 0 Å². The van der Waals surface area contributed by atoms with E-state index in [1.165, 1.54) is 10.9 Å². The van der Waals surface area contributed by atoms with Crippen molar-refractivity contribution in [3.8, 4) is 0 Å². The maximum absolute atomic E-state index is 6.26. The van der Waals surface area contributed by atoms with Crippen molar-refractivity contribution in [1.29, 1.82) is 0 Å². The molecular formula is C16H11ClN2. The lowest BCUT2D eigenvalue weighted by molar-refractivity contribution is 1.01. The van der Waals surface area contributed by atoms with Crippen molar-refractivity contribution in [2.45, 2.75) is 0 Å². The molecule has 0 atom stereocenters. The third-order valence-electron chi connectivity index (χ3n) is 3.67. The number of benzene rings is 2. The normalized spacial score (nSPS) is 11.7. The average molecular weight is 267 g/mol. The molecule has 0 bridgehead atoms. The minimum Gasteiger partial charge on any atom is -0.342 e. The SMILES string of the molecule is Cn1c2ccccc2c2nc3cccc(Cl)c3cc21. The van der Waals surface area contributed by atoms with Gasteiger partial charge in [0.15, 0.2) is 0 Å². The van der Waals surface area contributed by atoms with Crippen LogP contribution in [0.25, 0.3) is 32.8 Å². The second-order valence-electron chi connectivity index (χ2n) is 4.74. The van der Waals surface area contributed by atoms with Gasteiger partial charge in [0.25, 0.3) is 0 Å². The van der Waals surface area contributed by atoms with Gasteiger partial charge in [0.05, 0.1) is 27.1 Å². The fraction of sp³-hybridized carbons (Fsp3) is 0.0625. The Kier molecular flexibility index (Phi) is 2.12. The van der Waals surface area contributed by atoms with Gasteiger partial charge in [0, 0.05) is 17.8 Å². The standard InChI is InChI=1S/C16H11ClN2/c1-19-14-8-3-2-5-10(14)16-15(19)9-11-12(17)6-4-7-13(11)18-16/h2-9H,1H3. The molecule has 0 radical (unpaired) electrons. The predicted octanol–water partition coefficient (Wildman–Crippen LogP) is 4.53. The van der Waals surface area contributed by atoms with Crippen LogP contribution in [0.3, 0.4) is 0 Å². The molecule has 0 spiro atoms. The molecule has 0 amide bonds. The molecule has 0 fully saturated rings. The van der Waals surface area contributed by atoms with Gasteiger partial charge in [-0.2, -0.15) is 0 Å². The highest BCUT2D eigenvalue weighted by atomic mass is 35.5. The van der Waals surface area contributed by atoms with Gasteiger partial charge in [0.1, 0.15) is 0 Å². The molecule has 0 N–H and O–H groups in total. The van der Waals surface area contributed by atoms with E-state index in [9.17, 15) is 0 Å². The van der Waals surface area contributed by atoms with Gasteiger partial charge in [-0.1, -0.05) is 35.9 Å². The van der Waals surface area contributed by atoms with Crippen molar-refractivity contribution in [3.63, 3.8) is 0 Å². The van der Waals surface area contributed by atoms with Gasteiger partial charge in [-0.25, -0.2) is 4.98 Å². The van der Waals surface area contributed by atoms with Crippen LogP contribution >= 0.6 is 11.6 Å². The third-order valence-corrected chi connectivity index (χ3v) is 4.00. The van der Waals surface area contributed by atoms with E-state index in [4.69, 9.17) is 16.6 Å². The topological polar surface area (TPSA) is 17.8 Å². The summed E-state index contributed by atoms with van der Waals surface area (Å²) in [4.78, 5) is 4.78. The highest BCUT2D eigenvalue weighted by molar-refractivity contribution is 6.35. The fourth-order valence-corrected chi connectivity index (χ4v) is 2.92. The molecule has 2 aromatic carbocycles. The summed E-state index contributed by atoms with van der Waals surface area (Å²) < 4.78 is 2.17. The molecule has 0 saturated carbocycles. The number of aryl methyl sites for hydroxylation is 1. The van der Waals surface area contributed by atoms with E-state index in [1.54, 1.807) is 0 Å². The molecule has 2 nitrogen and oxygen atoms in total. The van der Waals surface area contributed by atoms with Crippen LogP contribution < -0.4 is 0 Å². The lowest BCUT2D eigenvalue weighted by Crippen LogP contribution is -1.87. The first-order valence-electron chi connectivity index (χ1n) is 6.18. The van der Waals surface area contributed by atoms with E-state index >= 15 is 0 Å². The molecule has 0 unspecified atom stereocenters. The predicted molar refractivity (Wildman–Crippen MR) is 80.7 cm³/mol. The molecule has 19 heavy (non-hydrogen) atoms. The molecule has 0 aliphatic rings. The first-order chi connectivity index (χ1) is 9.25. The van der Waals surface area contributed by atoms with E-state index in [2.05, 4.69) is 29.8 Å². The van der Waals surface area contributed by atoms with Crippen molar-refractivity contribution < 1.29 is 0 Å². The van der Waals surface area contributed by atoms with Crippen LogP contribution in [-0.4, -0.2) is 9.55 Å². The molecule has 92 valence electrons. The van der Waals surface area contributed by atoms with Gasteiger partial charge < -0.3 is 4.57 Å². The van der Waals surface area contributed by atoms with Gasteiger partial charge in [-0.3, -0.25) is 0 Å². The summed E-state index contributed by atoms with van der Waals surface area (Å²) in [7, 11) is 2.06. The van der Waals surface area contributed by atoms with Gasteiger partial charge in [-0.15, -0.1) is 0 Å². The molecule has 0 aliphatic carbocycles. The van der Waals surface area contributed by atoms with E-state index < -0.39 is 0 Å². The Bertz CT molecular complexity index is 938. The monoisotopic (exact) mass is 266 g/mol. The van der Waals surface area contributed by atoms with E-state index in [1.807, 2.05) is 30.3 Å². The summed E-state index contributed by atoms with van der Waals surface area (Å²) in [6.45, 7) is 0. The highest BCUT2D eigenvalue weighted by Crippen LogP contribution is 2.31. The molecular weight excluding hydrogens is 256 g/mol. The maximum atomic E-state index is 6.26. The number of pyridine rings is 1. The Balaban J connectivity index is 2.32. The molecule has 4 rings (SSSR count). The second kappa shape index (κ2) is 3.72. The number of aromatic nitrogens is 2. The summed E-state index contributed by atoms with van der Waals surface area (Å²) in [5, 5.41) is 2.93. The van der Waals surface area contributed by atoms with Crippen molar-refractivity contribution in [1.82, 2.24) is 9.55 Å². The number of fused-ring (bicyclic) bond motifs is 4. The smallest absolute Gasteiger partial charge is 0.0967 e. The largest absolute Gasteiger partial charge is 0.342 e. The van der Waals surface area contributed by atoms with E-state index in [0.29, 0.717) is 0 Å². The Labute approximate surface area is 115 Å². The molecule has 0 saturated heterocycles. The van der Waals surface area contributed by atoms with Gasteiger partial charge >= 0.3 is 0 Å². The van der Waals surface area contributed by atoms with Crippen molar-refractivity contribution in [2.24, 2.45) is 7.05 Å². The highest BCUT2D eigenvalue weighted by Gasteiger charge is 2.11. The first kappa shape index (κ1) is 10.8. The minimum absolute atomic E-state index is 0.747. The number of rotatable bonds is 0. The Hall–Kier alpha value is -2.06. The average Bonchev–Trinajstić information content (AvgIpc) is 2.72. The zero-order chi connectivity index (χ0) is 13.0. The molecule has 2 aromatic heterocycles.